The highest BCUT2D eigenvalue weighted by Gasteiger charge is 2.44. The molecular weight excluding hydrogens is 420 g/mol. The third-order valence-electron chi connectivity index (χ3n) is 5.73. The van der Waals surface area contributed by atoms with E-state index in [0.717, 1.165) is 4.90 Å². The predicted molar refractivity (Wildman–Crippen MR) is 111 cm³/mol. The number of benzene rings is 1. The standard InChI is InChI=1S/C22H26N2O8/c1-4-32-22(29)13-5-7-23(8-6-13)17-12-18(25)24(19(17)26)16-10-14(20(27)30-2)9-15(11-16)21(28)31-3/h9-11,13,17H,4-8,12H2,1-3H3. The van der Waals surface area contributed by atoms with Crippen LogP contribution >= 0.6 is 0 Å². The maximum absolute atomic E-state index is 13.2. The smallest absolute Gasteiger partial charge is 0.337 e. The first-order chi connectivity index (χ1) is 15.3. The van der Waals surface area contributed by atoms with Crippen LogP contribution in [-0.4, -0.2) is 74.6 Å². The Kier molecular flexibility index (Phi) is 7.24. The lowest BCUT2D eigenvalue weighted by atomic mass is 9.95. The summed E-state index contributed by atoms with van der Waals surface area (Å²) in [5, 5.41) is 0. The van der Waals surface area contributed by atoms with Crippen molar-refractivity contribution in [3.8, 4) is 0 Å². The summed E-state index contributed by atoms with van der Waals surface area (Å²) < 4.78 is 14.5. The van der Waals surface area contributed by atoms with E-state index in [9.17, 15) is 24.0 Å². The molecule has 2 fully saturated rings. The Hall–Kier alpha value is -3.27. The number of anilines is 1. The summed E-state index contributed by atoms with van der Waals surface area (Å²) in [5.41, 5.74) is 0.140. The van der Waals surface area contributed by atoms with Crippen molar-refractivity contribution < 1.29 is 38.2 Å². The normalized spacial score (nSPS) is 19.7. The van der Waals surface area contributed by atoms with Gasteiger partial charge in [-0.2, -0.15) is 0 Å². The van der Waals surface area contributed by atoms with Gasteiger partial charge in [-0.05, 0) is 51.1 Å². The van der Waals surface area contributed by atoms with E-state index in [0.29, 0.717) is 32.5 Å². The Balaban J connectivity index is 1.81. The molecule has 2 heterocycles. The molecule has 0 aliphatic carbocycles. The average Bonchev–Trinajstić information content (AvgIpc) is 3.11. The number of methoxy groups -OCH3 is 2. The monoisotopic (exact) mass is 446 g/mol. The lowest BCUT2D eigenvalue weighted by Gasteiger charge is -2.33. The Morgan fingerprint density at radius 2 is 1.53 bits per heavy atom. The second kappa shape index (κ2) is 9.90. The molecule has 0 saturated carbocycles. The number of ether oxygens (including phenoxy) is 3. The van der Waals surface area contributed by atoms with Crippen LogP contribution < -0.4 is 4.90 Å². The van der Waals surface area contributed by atoms with Crippen molar-refractivity contribution in [1.29, 1.82) is 0 Å². The van der Waals surface area contributed by atoms with Crippen LogP contribution in [0.4, 0.5) is 5.69 Å². The maximum Gasteiger partial charge on any atom is 0.337 e. The molecule has 0 radical (unpaired) electrons. The van der Waals surface area contributed by atoms with Gasteiger partial charge in [-0.3, -0.25) is 19.3 Å². The van der Waals surface area contributed by atoms with Gasteiger partial charge in [0.1, 0.15) is 0 Å². The third-order valence-corrected chi connectivity index (χ3v) is 5.73. The zero-order valence-corrected chi connectivity index (χ0v) is 18.3. The van der Waals surface area contributed by atoms with E-state index in [1.54, 1.807) is 6.92 Å². The van der Waals surface area contributed by atoms with Gasteiger partial charge in [-0.15, -0.1) is 0 Å². The number of hydrogen-bond donors (Lipinski definition) is 0. The number of rotatable bonds is 6. The molecule has 1 aromatic rings. The first kappa shape index (κ1) is 23.4. The predicted octanol–water partition coefficient (Wildman–Crippen LogP) is 1.17. The van der Waals surface area contributed by atoms with Gasteiger partial charge in [-0.1, -0.05) is 0 Å². The quantitative estimate of drug-likeness (QED) is 0.360. The first-order valence-electron chi connectivity index (χ1n) is 10.4. The number of amides is 2. The van der Waals surface area contributed by atoms with E-state index in [1.807, 2.05) is 4.90 Å². The van der Waals surface area contributed by atoms with Gasteiger partial charge in [0.15, 0.2) is 0 Å². The number of carbonyl (C=O) groups is 5. The molecule has 32 heavy (non-hydrogen) atoms. The van der Waals surface area contributed by atoms with E-state index < -0.39 is 29.8 Å². The first-order valence-corrected chi connectivity index (χ1v) is 10.4. The lowest BCUT2D eigenvalue weighted by Crippen LogP contribution is -2.47. The second-order valence-corrected chi connectivity index (χ2v) is 7.60. The van der Waals surface area contributed by atoms with Crippen LogP contribution in [0.15, 0.2) is 18.2 Å². The van der Waals surface area contributed by atoms with Crippen molar-refractivity contribution in [3.05, 3.63) is 29.3 Å². The molecule has 1 atom stereocenters. The van der Waals surface area contributed by atoms with E-state index in [1.165, 1.54) is 32.4 Å². The van der Waals surface area contributed by atoms with Crippen molar-refractivity contribution in [3.63, 3.8) is 0 Å². The number of likely N-dealkylation sites (tertiary alicyclic amines) is 1. The highest BCUT2D eigenvalue weighted by molar-refractivity contribution is 6.23. The fraction of sp³-hybridized carbons (Fsp3) is 0.500. The van der Waals surface area contributed by atoms with Crippen LogP contribution in [0.25, 0.3) is 0 Å². The van der Waals surface area contributed by atoms with Gasteiger partial charge < -0.3 is 14.2 Å². The molecule has 2 amide bonds. The highest BCUT2D eigenvalue weighted by Crippen LogP contribution is 2.30. The summed E-state index contributed by atoms with van der Waals surface area (Å²) in [7, 11) is 2.38. The van der Waals surface area contributed by atoms with Crippen LogP contribution in [0.2, 0.25) is 0 Å². The van der Waals surface area contributed by atoms with Gasteiger partial charge in [0.25, 0.3) is 5.91 Å². The minimum Gasteiger partial charge on any atom is -0.466 e. The molecule has 3 rings (SSSR count). The van der Waals surface area contributed by atoms with Crippen molar-refractivity contribution in [2.75, 3.05) is 38.8 Å². The van der Waals surface area contributed by atoms with Crippen molar-refractivity contribution in [2.24, 2.45) is 5.92 Å². The van der Waals surface area contributed by atoms with Crippen LogP contribution in [0.5, 0.6) is 0 Å². The van der Waals surface area contributed by atoms with Gasteiger partial charge in [-0.25, -0.2) is 14.5 Å². The summed E-state index contributed by atoms with van der Waals surface area (Å²) >= 11 is 0. The molecule has 0 N–H and O–H groups in total. The molecule has 0 spiro atoms. The molecule has 10 heteroatoms. The Bertz CT molecular complexity index is 902. The summed E-state index contributed by atoms with van der Waals surface area (Å²) in [6.07, 6.45) is 1.06. The highest BCUT2D eigenvalue weighted by atomic mass is 16.5. The summed E-state index contributed by atoms with van der Waals surface area (Å²) in [6, 6.07) is 3.28. The molecule has 0 bridgehead atoms. The van der Waals surface area contributed by atoms with Crippen molar-refractivity contribution >= 4 is 35.4 Å². The van der Waals surface area contributed by atoms with E-state index >= 15 is 0 Å². The Morgan fingerprint density at radius 3 is 2.03 bits per heavy atom. The van der Waals surface area contributed by atoms with Crippen molar-refractivity contribution in [1.82, 2.24) is 4.90 Å². The maximum atomic E-state index is 13.2. The van der Waals surface area contributed by atoms with Crippen molar-refractivity contribution in [2.45, 2.75) is 32.2 Å². The molecule has 172 valence electrons. The van der Waals surface area contributed by atoms with Gasteiger partial charge in [0.2, 0.25) is 5.91 Å². The fourth-order valence-electron chi connectivity index (χ4n) is 4.09. The molecule has 2 aliphatic rings. The Labute approximate surface area is 185 Å². The third kappa shape index (κ3) is 4.64. The second-order valence-electron chi connectivity index (χ2n) is 7.60. The van der Waals surface area contributed by atoms with Crippen LogP contribution in [0, 0.1) is 5.92 Å². The SMILES string of the molecule is CCOC(=O)C1CCN(C2CC(=O)N(c3cc(C(=O)OC)cc(C(=O)OC)c3)C2=O)CC1. The minimum absolute atomic E-state index is 0.0182. The summed E-state index contributed by atoms with van der Waals surface area (Å²) in [5.74, 6) is -2.76. The van der Waals surface area contributed by atoms with E-state index in [4.69, 9.17) is 14.2 Å². The summed E-state index contributed by atoms with van der Waals surface area (Å²) in [6.45, 7) is 3.04. The molecule has 1 unspecified atom stereocenters. The van der Waals surface area contributed by atoms with Crippen LogP contribution in [0.3, 0.4) is 0 Å². The topological polar surface area (TPSA) is 120 Å². The number of imide groups is 1. The largest absolute Gasteiger partial charge is 0.466 e. The zero-order valence-electron chi connectivity index (χ0n) is 18.3. The minimum atomic E-state index is -0.714. The lowest BCUT2D eigenvalue weighted by molar-refractivity contribution is -0.149. The van der Waals surface area contributed by atoms with Crippen LogP contribution in [0.1, 0.15) is 46.9 Å². The number of hydrogen-bond acceptors (Lipinski definition) is 9. The molecule has 1 aromatic carbocycles. The number of carbonyl (C=O) groups excluding carboxylic acids is 5. The number of esters is 3. The number of nitrogens with zero attached hydrogens (tertiary/aromatic N) is 2. The fourth-order valence-corrected chi connectivity index (χ4v) is 4.09. The van der Waals surface area contributed by atoms with Gasteiger partial charge in [0, 0.05) is 0 Å². The van der Waals surface area contributed by atoms with Gasteiger partial charge in [0.05, 0.1) is 56.0 Å². The molecule has 2 saturated heterocycles. The van der Waals surface area contributed by atoms with E-state index in [-0.39, 0.29) is 35.1 Å². The average molecular weight is 446 g/mol. The van der Waals surface area contributed by atoms with Crippen LogP contribution in [-0.2, 0) is 28.6 Å². The molecule has 2 aliphatic heterocycles. The molecule has 0 aromatic heterocycles. The summed E-state index contributed by atoms with van der Waals surface area (Å²) in [4.78, 5) is 64.9. The van der Waals surface area contributed by atoms with Gasteiger partial charge >= 0.3 is 17.9 Å². The number of piperidine rings is 1. The molecular formula is C22H26N2O8. The molecule has 10 nitrogen and oxygen atoms in total. The Morgan fingerprint density at radius 1 is 0.969 bits per heavy atom. The van der Waals surface area contributed by atoms with E-state index in [2.05, 4.69) is 0 Å². The zero-order chi connectivity index (χ0) is 23.4.